The lowest BCUT2D eigenvalue weighted by Gasteiger charge is -2.20. The van der Waals surface area contributed by atoms with Gasteiger partial charge in [-0.25, -0.2) is 18.1 Å². The summed E-state index contributed by atoms with van der Waals surface area (Å²) in [4.78, 5) is 17.3. The van der Waals surface area contributed by atoms with Gasteiger partial charge in [-0.05, 0) is 42.2 Å². The summed E-state index contributed by atoms with van der Waals surface area (Å²) in [7, 11) is -3.54. The number of aromatic nitrogens is 1. The highest BCUT2D eigenvalue weighted by atomic mass is 32.2. The van der Waals surface area contributed by atoms with Crippen LogP contribution in [0.4, 0.5) is 5.82 Å². The molecule has 2 N–H and O–H groups in total. The van der Waals surface area contributed by atoms with Crippen LogP contribution in [0.1, 0.15) is 42.9 Å². The molecular weight excluding hydrogens is 430 g/mol. The van der Waals surface area contributed by atoms with E-state index >= 15 is 0 Å². The molecule has 6 nitrogen and oxygen atoms in total. The van der Waals surface area contributed by atoms with E-state index in [2.05, 4.69) is 15.0 Å². The number of hydrogen-bond acceptors (Lipinski definition) is 5. The summed E-state index contributed by atoms with van der Waals surface area (Å²) in [5.74, 6) is 0.582. The molecular formula is C23H27N3O3S2. The lowest BCUT2D eigenvalue weighted by atomic mass is 10.0. The molecule has 0 saturated heterocycles. The Labute approximate surface area is 187 Å². The molecule has 0 aliphatic heterocycles. The van der Waals surface area contributed by atoms with E-state index in [1.807, 2.05) is 62.4 Å². The summed E-state index contributed by atoms with van der Waals surface area (Å²) < 4.78 is 29.0. The smallest absolute Gasteiger partial charge is 0.222 e. The molecule has 2 aromatic heterocycles. The van der Waals surface area contributed by atoms with Crippen LogP contribution in [0.3, 0.4) is 0 Å². The highest BCUT2D eigenvalue weighted by molar-refractivity contribution is 7.89. The minimum atomic E-state index is -3.54. The van der Waals surface area contributed by atoms with E-state index in [9.17, 15) is 13.2 Å². The number of thiophene rings is 1. The molecule has 1 amide bonds. The molecule has 0 saturated carbocycles. The van der Waals surface area contributed by atoms with Crippen molar-refractivity contribution in [1.82, 2.24) is 9.71 Å². The van der Waals surface area contributed by atoms with Gasteiger partial charge >= 0.3 is 0 Å². The van der Waals surface area contributed by atoms with Crippen molar-refractivity contribution in [3.8, 4) is 10.4 Å². The molecule has 0 bridgehead atoms. The minimum absolute atomic E-state index is 0.169. The van der Waals surface area contributed by atoms with Crippen molar-refractivity contribution in [3.63, 3.8) is 0 Å². The lowest BCUT2D eigenvalue weighted by Crippen LogP contribution is -2.29. The molecule has 0 aliphatic rings. The van der Waals surface area contributed by atoms with Crippen LogP contribution in [0.2, 0.25) is 0 Å². The molecule has 2 heterocycles. The molecule has 1 aromatic carbocycles. The lowest BCUT2D eigenvalue weighted by molar-refractivity contribution is -0.114. The van der Waals surface area contributed by atoms with Crippen LogP contribution in [0, 0.1) is 5.92 Å². The van der Waals surface area contributed by atoms with Gasteiger partial charge < -0.3 is 5.32 Å². The standard InChI is InChI=1S/C23H27N3O3S2/c1-16(2)13-22(18-7-5-4-6-8-18)31(28,29)25-15-20-10-11-21(30-20)19-9-12-23(24-14-19)26-17(3)27/h4-12,14,16,22,25H,13,15H2,1-3H3,(H,24,26,27). The van der Waals surface area contributed by atoms with Crippen molar-refractivity contribution in [3.05, 3.63) is 71.2 Å². The Morgan fingerprint density at radius 3 is 2.42 bits per heavy atom. The fraction of sp³-hybridized carbons (Fsp3) is 0.304. The van der Waals surface area contributed by atoms with Gasteiger partial charge in [0.15, 0.2) is 0 Å². The molecule has 8 heteroatoms. The van der Waals surface area contributed by atoms with E-state index in [1.165, 1.54) is 18.3 Å². The van der Waals surface area contributed by atoms with Gasteiger partial charge in [-0.3, -0.25) is 4.79 Å². The van der Waals surface area contributed by atoms with Crippen LogP contribution in [-0.4, -0.2) is 19.3 Å². The molecule has 1 atom stereocenters. The maximum atomic E-state index is 13.1. The fourth-order valence-corrected chi connectivity index (χ4v) is 5.97. The predicted molar refractivity (Wildman–Crippen MR) is 126 cm³/mol. The zero-order valence-electron chi connectivity index (χ0n) is 17.8. The summed E-state index contributed by atoms with van der Waals surface area (Å²) >= 11 is 1.51. The highest BCUT2D eigenvalue weighted by Crippen LogP contribution is 2.31. The molecule has 31 heavy (non-hydrogen) atoms. The van der Waals surface area contributed by atoms with E-state index in [1.54, 1.807) is 12.3 Å². The molecule has 3 rings (SSSR count). The summed E-state index contributed by atoms with van der Waals surface area (Å²) in [5, 5.41) is 2.06. The Bertz CT molecular complexity index is 1110. The Morgan fingerprint density at radius 2 is 1.81 bits per heavy atom. The third kappa shape index (κ3) is 6.46. The van der Waals surface area contributed by atoms with Gasteiger partial charge in [0.2, 0.25) is 15.9 Å². The number of nitrogens with zero attached hydrogens (tertiary/aromatic N) is 1. The zero-order chi connectivity index (χ0) is 22.4. The van der Waals surface area contributed by atoms with Crippen LogP contribution in [-0.2, 0) is 21.4 Å². The second-order valence-electron chi connectivity index (χ2n) is 7.77. The monoisotopic (exact) mass is 457 g/mol. The number of amides is 1. The van der Waals surface area contributed by atoms with Gasteiger partial charge in [0.25, 0.3) is 0 Å². The average Bonchev–Trinajstić information content (AvgIpc) is 3.20. The summed E-state index contributed by atoms with van der Waals surface area (Å²) in [5.41, 5.74) is 1.72. The number of benzene rings is 1. The SMILES string of the molecule is CC(=O)Nc1ccc(-c2ccc(CNS(=O)(=O)C(CC(C)C)c3ccccc3)s2)cn1. The topological polar surface area (TPSA) is 88.2 Å². The number of carbonyl (C=O) groups is 1. The maximum absolute atomic E-state index is 13.1. The predicted octanol–water partition coefficient (Wildman–Crippen LogP) is 4.98. The van der Waals surface area contributed by atoms with E-state index in [-0.39, 0.29) is 18.4 Å². The first-order chi connectivity index (χ1) is 14.7. The van der Waals surface area contributed by atoms with Crippen LogP contribution in [0.15, 0.2) is 60.8 Å². The highest BCUT2D eigenvalue weighted by Gasteiger charge is 2.27. The van der Waals surface area contributed by atoms with E-state index < -0.39 is 15.3 Å². The van der Waals surface area contributed by atoms with Crippen LogP contribution >= 0.6 is 11.3 Å². The van der Waals surface area contributed by atoms with Gasteiger partial charge in [-0.15, -0.1) is 11.3 Å². The second-order valence-corrected chi connectivity index (χ2v) is 10.9. The number of sulfonamides is 1. The number of rotatable bonds is 9. The van der Waals surface area contributed by atoms with Gasteiger partial charge in [0.1, 0.15) is 11.1 Å². The largest absolute Gasteiger partial charge is 0.311 e. The molecule has 3 aromatic rings. The first-order valence-electron chi connectivity index (χ1n) is 10.1. The van der Waals surface area contributed by atoms with E-state index in [0.29, 0.717) is 12.2 Å². The molecule has 0 fully saturated rings. The summed E-state index contributed by atoms with van der Waals surface area (Å²) in [6, 6.07) is 16.9. The van der Waals surface area contributed by atoms with Gasteiger partial charge in [0, 0.05) is 35.0 Å². The number of carbonyl (C=O) groups excluding carboxylic acids is 1. The average molecular weight is 458 g/mol. The van der Waals surface area contributed by atoms with Gasteiger partial charge in [-0.2, -0.15) is 0 Å². The van der Waals surface area contributed by atoms with E-state index in [0.717, 1.165) is 20.9 Å². The van der Waals surface area contributed by atoms with Crippen molar-refractivity contribution < 1.29 is 13.2 Å². The number of anilines is 1. The first-order valence-corrected chi connectivity index (χ1v) is 12.5. The molecule has 0 spiro atoms. The fourth-order valence-electron chi connectivity index (χ4n) is 3.23. The van der Waals surface area contributed by atoms with Gasteiger partial charge in [0.05, 0.1) is 0 Å². The Kier molecular flexibility index (Phi) is 7.59. The van der Waals surface area contributed by atoms with Crippen LogP contribution in [0.25, 0.3) is 10.4 Å². The Morgan fingerprint density at radius 1 is 1.06 bits per heavy atom. The second kappa shape index (κ2) is 10.2. The maximum Gasteiger partial charge on any atom is 0.222 e. The van der Waals surface area contributed by atoms with Crippen molar-refractivity contribution in [2.45, 2.75) is 39.0 Å². The van der Waals surface area contributed by atoms with Crippen LogP contribution in [0.5, 0.6) is 0 Å². The van der Waals surface area contributed by atoms with Crippen molar-refractivity contribution >= 4 is 33.1 Å². The van der Waals surface area contributed by atoms with Crippen LogP contribution < -0.4 is 10.0 Å². The summed E-state index contributed by atoms with van der Waals surface area (Å²) in [6.45, 7) is 5.74. The minimum Gasteiger partial charge on any atom is -0.311 e. The Balaban J connectivity index is 1.70. The molecule has 164 valence electrons. The number of hydrogen-bond donors (Lipinski definition) is 2. The zero-order valence-corrected chi connectivity index (χ0v) is 19.5. The molecule has 0 radical (unpaired) electrons. The number of nitrogens with one attached hydrogen (secondary N) is 2. The first kappa shape index (κ1) is 23.1. The van der Waals surface area contributed by atoms with Crippen molar-refractivity contribution in [1.29, 1.82) is 0 Å². The summed E-state index contributed by atoms with van der Waals surface area (Å²) in [6.07, 6.45) is 2.25. The normalized spacial score (nSPS) is 12.6. The van der Waals surface area contributed by atoms with Crippen molar-refractivity contribution in [2.75, 3.05) is 5.32 Å². The molecule has 1 unspecified atom stereocenters. The quantitative estimate of drug-likeness (QED) is 0.475. The molecule has 0 aliphatic carbocycles. The van der Waals surface area contributed by atoms with E-state index in [4.69, 9.17) is 0 Å². The number of pyridine rings is 1. The third-order valence-corrected chi connectivity index (χ3v) is 7.59. The van der Waals surface area contributed by atoms with Gasteiger partial charge in [-0.1, -0.05) is 44.2 Å². The third-order valence-electron chi connectivity index (χ3n) is 4.69. The van der Waals surface area contributed by atoms with Crippen molar-refractivity contribution in [2.24, 2.45) is 5.92 Å². The Hall–Kier alpha value is -2.55.